The monoisotopic (exact) mass is 402 g/mol. The zero-order valence-electron chi connectivity index (χ0n) is 17.7. The van der Waals surface area contributed by atoms with Crippen molar-refractivity contribution in [2.45, 2.75) is 32.7 Å². The molecule has 0 aliphatic carbocycles. The van der Waals surface area contributed by atoms with Gasteiger partial charge in [0.2, 0.25) is 11.8 Å². The summed E-state index contributed by atoms with van der Waals surface area (Å²) in [5.74, 6) is 1.10. The van der Waals surface area contributed by atoms with Gasteiger partial charge in [0.05, 0.1) is 19.1 Å². The van der Waals surface area contributed by atoms with E-state index in [0.717, 1.165) is 63.4 Å². The van der Waals surface area contributed by atoms with E-state index < -0.39 is 0 Å². The second-order valence-electron chi connectivity index (χ2n) is 8.03. The summed E-state index contributed by atoms with van der Waals surface area (Å²) >= 11 is 0. The number of nitrogens with zero attached hydrogens (tertiary/aromatic N) is 3. The van der Waals surface area contributed by atoms with Gasteiger partial charge in [-0.3, -0.25) is 19.4 Å². The molecule has 2 amide bonds. The van der Waals surface area contributed by atoms with Crippen molar-refractivity contribution in [3.05, 3.63) is 29.8 Å². The number of piperazine rings is 1. The van der Waals surface area contributed by atoms with Crippen molar-refractivity contribution in [2.75, 3.05) is 59.0 Å². The lowest BCUT2D eigenvalue weighted by atomic mass is 10.2. The fourth-order valence-electron chi connectivity index (χ4n) is 3.93. The smallest absolute Gasteiger partial charge is 0.237 e. The lowest BCUT2D eigenvalue weighted by molar-refractivity contribution is -0.133. The highest BCUT2D eigenvalue weighted by Gasteiger charge is 2.27. The number of hydrogen-bond donors (Lipinski definition) is 1. The average molecular weight is 403 g/mol. The second kappa shape index (κ2) is 10.6. The van der Waals surface area contributed by atoms with Gasteiger partial charge in [0.25, 0.3) is 0 Å². The fraction of sp³-hybridized carbons (Fsp3) is 0.636. The first-order chi connectivity index (χ1) is 14.0. The summed E-state index contributed by atoms with van der Waals surface area (Å²) < 4.78 is 5.68. The van der Waals surface area contributed by atoms with Gasteiger partial charge < -0.3 is 15.0 Å². The molecule has 29 heavy (non-hydrogen) atoms. The lowest BCUT2D eigenvalue weighted by Crippen LogP contribution is -2.55. The Balaban J connectivity index is 1.32. The second-order valence-corrected chi connectivity index (χ2v) is 8.03. The third kappa shape index (κ3) is 6.44. The molecule has 0 spiro atoms. The minimum Gasteiger partial charge on any atom is -0.492 e. The van der Waals surface area contributed by atoms with Crippen molar-refractivity contribution >= 4 is 11.8 Å². The van der Waals surface area contributed by atoms with E-state index in [1.54, 1.807) is 0 Å². The molecule has 2 aliphatic rings. The maximum absolute atomic E-state index is 12.5. The Morgan fingerprint density at radius 2 is 1.83 bits per heavy atom. The Morgan fingerprint density at radius 1 is 1.10 bits per heavy atom. The van der Waals surface area contributed by atoms with Crippen LogP contribution in [-0.4, -0.2) is 91.5 Å². The lowest BCUT2D eigenvalue weighted by Gasteiger charge is -2.37. The minimum atomic E-state index is -0.176. The third-order valence-corrected chi connectivity index (χ3v) is 5.81. The normalized spacial score (nSPS) is 19.2. The Morgan fingerprint density at radius 3 is 2.52 bits per heavy atom. The number of aryl methyl sites for hydroxylation is 1. The summed E-state index contributed by atoms with van der Waals surface area (Å²) in [7, 11) is 0. The van der Waals surface area contributed by atoms with Crippen molar-refractivity contribution in [3.8, 4) is 5.75 Å². The molecule has 1 aromatic rings. The predicted octanol–water partition coefficient (Wildman–Crippen LogP) is 1.12. The molecule has 2 aliphatic heterocycles. The molecular weight excluding hydrogens is 368 g/mol. The van der Waals surface area contributed by atoms with E-state index in [9.17, 15) is 9.59 Å². The van der Waals surface area contributed by atoms with Crippen LogP contribution in [-0.2, 0) is 9.59 Å². The molecule has 160 valence electrons. The van der Waals surface area contributed by atoms with Gasteiger partial charge in [-0.25, -0.2) is 0 Å². The first kappa shape index (κ1) is 21.6. The maximum atomic E-state index is 12.5. The standard InChI is InChI=1S/C22H34N4O3/c1-18-6-5-7-20(16-18)29-15-8-23-22(28)19(2)25-13-11-24(12-14-25)17-21(27)26-9-3-4-10-26/h5-7,16,19H,3-4,8-15,17H2,1-2H3,(H,23,28). The highest BCUT2D eigenvalue weighted by molar-refractivity contribution is 5.81. The van der Waals surface area contributed by atoms with Crippen LogP contribution in [0.4, 0.5) is 0 Å². The van der Waals surface area contributed by atoms with Gasteiger partial charge in [0, 0.05) is 39.3 Å². The highest BCUT2D eigenvalue weighted by atomic mass is 16.5. The summed E-state index contributed by atoms with van der Waals surface area (Å²) in [6, 6.07) is 7.72. The van der Waals surface area contributed by atoms with Crippen molar-refractivity contribution in [1.29, 1.82) is 0 Å². The van der Waals surface area contributed by atoms with E-state index in [2.05, 4.69) is 15.1 Å². The van der Waals surface area contributed by atoms with Crippen LogP contribution in [0.3, 0.4) is 0 Å². The Bertz CT molecular complexity index is 682. The topological polar surface area (TPSA) is 65.1 Å². The number of likely N-dealkylation sites (tertiary alicyclic amines) is 1. The quantitative estimate of drug-likeness (QED) is 0.660. The fourth-order valence-corrected chi connectivity index (χ4v) is 3.93. The van der Waals surface area contributed by atoms with Crippen LogP contribution < -0.4 is 10.1 Å². The third-order valence-electron chi connectivity index (χ3n) is 5.81. The first-order valence-electron chi connectivity index (χ1n) is 10.7. The van der Waals surface area contributed by atoms with E-state index in [4.69, 9.17) is 4.74 Å². The number of rotatable bonds is 8. The molecule has 1 N–H and O–H groups in total. The summed E-state index contributed by atoms with van der Waals surface area (Å²) in [5.41, 5.74) is 1.15. The Labute approximate surface area is 174 Å². The molecule has 2 fully saturated rings. The van der Waals surface area contributed by atoms with Crippen LogP contribution in [0.25, 0.3) is 0 Å². The number of benzene rings is 1. The largest absolute Gasteiger partial charge is 0.492 e. The molecule has 0 saturated carbocycles. The van der Waals surface area contributed by atoms with E-state index in [1.807, 2.05) is 43.0 Å². The molecule has 7 nitrogen and oxygen atoms in total. The number of amides is 2. The zero-order valence-corrected chi connectivity index (χ0v) is 17.7. The number of hydrogen-bond acceptors (Lipinski definition) is 5. The zero-order chi connectivity index (χ0) is 20.6. The molecule has 1 unspecified atom stereocenters. The molecular formula is C22H34N4O3. The van der Waals surface area contributed by atoms with Crippen LogP contribution in [0.2, 0.25) is 0 Å². The summed E-state index contributed by atoms with van der Waals surface area (Å²) in [4.78, 5) is 31.1. The van der Waals surface area contributed by atoms with Crippen molar-refractivity contribution < 1.29 is 14.3 Å². The maximum Gasteiger partial charge on any atom is 0.237 e. The molecule has 3 rings (SSSR count). The number of carbonyl (C=O) groups excluding carboxylic acids is 2. The van der Waals surface area contributed by atoms with Crippen molar-refractivity contribution in [2.24, 2.45) is 0 Å². The molecule has 0 radical (unpaired) electrons. The van der Waals surface area contributed by atoms with Gasteiger partial charge in [-0.05, 0) is 44.4 Å². The summed E-state index contributed by atoms with van der Waals surface area (Å²) in [5, 5.41) is 2.97. The molecule has 1 atom stereocenters. The van der Waals surface area contributed by atoms with Crippen molar-refractivity contribution in [1.82, 2.24) is 20.0 Å². The predicted molar refractivity (Wildman–Crippen MR) is 113 cm³/mol. The van der Waals surface area contributed by atoms with Gasteiger partial charge in [-0.1, -0.05) is 12.1 Å². The SMILES string of the molecule is Cc1cccc(OCCNC(=O)C(C)N2CCN(CC(=O)N3CCCC3)CC2)c1. The molecule has 1 aromatic carbocycles. The van der Waals surface area contributed by atoms with Gasteiger partial charge >= 0.3 is 0 Å². The van der Waals surface area contributed by atoms with Crippen LogP contribution in [0.15, 0.2) is 24.3 Å². The van der Waals surface area contributed by atoms with Gasteiger partial charge in [0.1, 0.15) is 12.4 Å². The molecule has 2 heterocycles. The summed E-state index contributed by atoms with van der Waals surface area (Å²) in [6.45, 7) is 10.5. The molecule has 0 bridgehead atoms. The summed E-state index contributed by atoms with van der Waals surface area (Å²) in [6.07, 6.45) is 2.25. The van der Waals surface area contributed by atoms with E-state index >= 15 is 0 Å². The minimum absolute atomic E-state index is 0.0273. The van der Waals surface area contributed by atoms with Crippen LogP contribution in [0.5, 0.6) is 5.75 Å². The number of nitrogens with one attached hydrogen (secondary N) is 1. The molecule has 2 saturated heterocycles. The molecule has 0 aromatic heterocycles. The van der Waals surface area contributed by atoms with Crippen LogP contribution in [0.1, 0.15) is 25.3 Å². The highest BCUT2D eigenvalue weighted by Crippen LogP contribution is 2.12. The van der Waals surface area contributed by atoms with Crippen LogP contribution in [0, 0.1) is 6.92 Å². The number of ether oxygens (including phenoxy) is 1. The Kier molecular flexibility index (Phi) is 7.89. The number of carbonyl (C=O) groups is 2. The first-order valence-corrected chi connectivity index (χ1v) is 10.7. The Hall–Kier alpha value is -2.12. The van der Waals surface area contributed by atoms with Gasteiger partial charge in [-0.2, -0.15) is 0 Å². The van der Waals surface area contributed by atoms with Crippen molar-refractivity contribution in [3.63, 3.8) is 0 Å². The van der Waals surface area contributed by atoms with E-state index in [1.165, 1.54) is 0 Å². The van der Waals surface area contributed by atoms with Gasteiger partial charge in [-0.15, -0.1) is 0 Å². The van der Waals surface area contributed by atoms with Gasteiger partial charge in [0.15, 0.2) is 0 Å². The average Bonchev–Trinajstić information content (AvgIpc) is 3.26. The molecule has 7 heteroatoms. The van der Waals surface area contributed by atoms with Crippen LogP contribution >= 0.6 is 0 Å². The van der Waals surface area contributed by atoms with E-state index in [-0.39, 0.29) is 17.9 Å². The van der Waals surface area contributed by atoms with E-state index in [0.29, 0.717) is 19.7 Å².